The molecule has 0 aliphatic heterocycles. The van der Waals surface area contributed by atoms with E-state index in [9.17, 15) is 18.0 Å². The van der Waals surface area contributed by atoms with E-state index in [4.69, 9.17) is 5.84 Å². The van der Waals surface area contributed by atoms with Gasteiger partial charge in [0.2, 0.25) is 0 Å². The second-order valence-corrected chi connectivity index (χ2v) is 12.4. The van der Waals surface area contributed by atoms with E-state index in [0.717, 1.165) is 6.92 Å². The average Bonchev–Trinajstić information content (AvgIpc) is 2.52. The first-order valence-corrected chi connectivity index (χ1v) is 11.3. The Hall–Kier alpha value is -1.60. The van der Waals surface area contributed by atoms with E-state index in [2.05, 4.69) is 26.2 Å². The normalized spacial score (nSPS) is 13.5. The van der Waals surface area contributed by atoms with Crippen molar-refractivity contribution in [1.82, 2.24) is 5.01 Å². The van der Waals surface area contributed by atoms with Crippen molar-refractivity contribution in [3.05, 3.63) is 48.6 Å². The molecule has 0 spiro atoms. The summed E-state index contributed by atoms with van der Waals surface area (Å²) < 4.78 is 38.1. The fourth-order valence-electron chi connectivity index (χ4n) is 1.61. The Morgan fingerprint density at radius 1 is 1.33 bits per heavy atom. The number of alkyl halides is 3. The van der Waals surface area contributed by atoms with Crippen LogP contribution in [-0.2, 0) is 0 Å². The topological polar surface area (TPSA) is 46.3 Å². The largest absolute Gasteiger partial charge is 0.268 e. The highest BCUT2D eigenvalue weighted by Crippen LogP contribution is 2.23. The highest BCUT2D eigenvalue weighted by molar-refractivity contribution is 6.76. The molecule has 0 aromatic heterocycles. The first kappa shape index (κ1) is 22.4. The summed E-state index contributed by atoms with van der Waals surface area (Å²) in [6.07, 6.45) is -1.04. The number of carbonyl (C=O) groups is 1. The minimum Gasteiger partial charge on any atom is -0.268 e. The number of benzene rings is 1. The van der Waals surface area contributed by atoms with Crippen molar-refractivity contribution in [3.63, 3.8) is 0 Å². The molecule has 1 atom stereocenters. The number of hydrazine groups is 1. The molecule has 0 bridgehead atoms. The third-order valence-corrected chi connectivity index (χ3v) is 4.80. The lowest BCUT2D eigenvalue weighted by Crippen LogP contribution is -2.59. The molecule has 1 rings (SSSR count). The van der Waals surface area contributed by atoms with Crippen molar-refractivity contribution < 1.29 is 18.0 Å². The predicted octanol–water partition coefficient (Wildman–Crippen LogP) is 4.51. The summed E-state index contributed by atoms with van der Waals surface area (Å²) >= 11 is 0. The zero-order valence-corrected chi connectivity index (χ0v) is 15.7. The van der Waals surface area contributed by atoms with Crippen LogP contribution in [0.5, 0.6) is 0 Å². The summed E-state index contributed by atoms with van der Waals surface area (Å²) in [4.78, 5) is 11.8. The molecule has 0 aliphatic rings. The summed E-state index contributed by atoms with van der Waals surface area (Å²) in [6, 6.07) is 8.89. The van der Waals surface area contributed by atoms with Crippen LogP contribution in [0.4, 0.5) is 13.2 Å². The van der Waals surface area contributed by atoms with Crippen molar-refractivity contribution in [2.75, 3.05) is 6.67 Å². The Morgan fingerprint density at radius 2 is 1.83 bits per heavy atom. The Kier molecular flexibility index (Phi) is 8.99. The maximum Gasteiger partial charge on any atom is 0.268 e. The highest BCUT2D eigenvalue weighted by Gasteiger charge is 2.43. The molecular formula is C17H27F3N2OSi. The number of nitrogens with zero attached hydrogens (tertiary/aromatic N) is 1. The molecule has 3 nitrogen and oxygen atoms in total. The van der Waals surface area contributed by atoms with E-state index in [1.54, 1.807) is 18.2 Å². The van der Waals surface area contributed by atoms with Crippen molar-refractivity contribution in [2.45, 2.75) is 44.6 Å². The van der Waals surface area contributed by atoms with Gasteiger partial charge in [0.25, 0.3) is 12.3 Å². The van der Waals surface area contributed by atoms with Gasteiger partial charge in [0.15, 0.2) is 0 Å². The zero-order chi connectivity index (χ0) is 19.0. The lowest BCUT2D eigenvalue weighted by molar-refractivity contribution is -0.0446. The fourth-order valence-corrected chi connectivity index (χ4v) is 2.48. The van der Waals surface area contributed by atoms with E-state index in [0.29, 0.717) is 0 Å². The third kappa shape index (κ3) is 6.88. The molecule has 136 valence electrons. The van der Waals surface area contributed by atoms with E-state index in [1.807, 2.05) is 6.08 Å². The molecule has 7 heteroatoms. The molecular weight excluding hydrogens is 333 g/mol. The molecule has 0 fully saturated rings. The van der Waals surface area contributed by atoms with Crippen LogP contribution in [0.1, 0.15) is 17.3 Å². The van der Waals surface area contributed by atoms with Crippen LogP contribution in [0, 0.1) is 0 Å². The van der Waals surface area contributed by atoms with Crippen LogP contribution in [0.2, 0.25) is 25.7 Å². The summed E-state index contributed by atoms with van der Waals surface area (Å²) in [6.45, 7) is 10.2. The van der Waals surface area contributed by atoms with Gasteiger partial charge in [-0.1, -0.05) is 43.9 Å². The molecule has 1 unspecified atom stereocenters. The van der Waals surface area contributed by atoms with Gasteiger partial charge in [-0.25, -0.2) is 19.0 Å². The van der Waals surface area contributed by atoms with E-state index >= 15 is 0 Å². The standard InChI is InChI=1S/C11H13F3N2O.C6H14Si/c1-11(7-12,10(13)14)16(15)9(17)8-5-3-2-4-6-8;1-5-6-7(2,3)4/h2-6,10H,7,15H2,1H3;5H,1,6H2,2-4H3. The summed E-state index contributed by atoms with van der Waals surface area (Å²) in [7, 11) is -0.775. The van der Waals surface area contributed by atoms with Crippen molar-refractivity contribution in [2.24, 2.45) is 5.84 Å². The molecule has 0 heterocycles. The molecule has 2 N–H and O–H groups in total. The van der Waals surface area contributed by atoms with Crippen LogP contribution in [0.15, 0.2) is 43.0 Å². The molecule has 0 saturated heterocycles. The molecule has 1 amide bonds. The Bertz CT molecular complexity index is 520. The predicted molar refractivity (Wildman–Crippen MR) is 95.5 cm³/mol. The minimum atomic E-state index is -3.06. The molecule has 0 radical (unpaired) electrons. The number of nitrogens with two attached hydrogens (primary N) is 1. The van der Waals surface area contributed by atoms with Crippen LogP contribution in [0.3, 0.4) is 0 Å². The Balaban J connectivity index is 0.000000640. The van der Waals surface area contributed by atoms with Gasteiger partial charge in [-0.05, 0) is 25.1 Å². The van der Waals surface area contributed by atoms with Gasteiger partial charge in [0.1, 0.15) is 12.2 Å². The maximum absolute atomic E-state index is 12.7. The number of hydrogen-bond donors (Lipinski definition) is 1. The van der Waals surface area contributed by atoms with Gasteiger partial charge in [-0.15, -0.1) is 6.58 Å². The number of carbonyl (C=O) groups excluding carboxylic acids is 1. The SMILES string of the molecule is C=CC[Si](C)(C)C.CC(CF)(C(F)F)N(N)C(=O)c1ccccc1. The van der Waals surface area contributed by atoms with Gasteiger partial charge in [0, 0.05) is 13.6 Å². The van der Waals surface area contributed by atoms with Crippen LogP contribution in [0.25, 0.3) is 0 Å². The molecule has 1 aromatic rings. The molecule has 1 aromatic carbocycles. The van der Waals surface area contributed by atoms with Crippen molar-refractivity contribution >= 4 is 14.0 Å². The second kappa shape index (κ2) is 9.63. The monoisotopic (exact) mass is 360 g/mol. The molecule has 0 saturated carbocycles. The van der Waals surface area contributed by atoms with Gasteiger partial charge in [-0.3, -0.25) is 9.80 Å². The minimum absolute atomic E-state index is 0.135. The second-order valence-electron chi connectivity index (χ2n) is 6.89. The number of rotatable bonds is 6. The van der Waals surface area contributed by atoms with Gasteiger partial charge < -0.3 is 0 Å². The average molecular weight is 360 g/mol. The zero-order valence-electron chi connectivity index (χ0n) is 14.7. The first-order valence-electron chi connectivity index (χ1n) is 7.59. The number of halogens is 3. The van der Waals surface area contributed by atoms with E-state index in [1.165, 1.54) is 18.2 Å². The summed E-state index contributed by atoms with van der Waals surface area (Å²) in [5.41, 5.74) is -2.18. The van der Waals surface area contributed by atoms with Crippen molar-refractivity contribution in [3.8, 4) is 0 Å². The highest BCUT2D eigenvalue weighted by atomic mass is 28.3. The van der Waals surface area contributed by atoms with Crippen LogP contribution >= 0.6 is 0 Å². The Morgan fingerprint density at radius 3 is 2.12 bits per heavy atom. The fraction of sp³-hybridized carbons (Fsp3) is 0.471. The van der Waals surface area contributed by atoms with E-state index in [-0.39, 0.29) is 10.6 Å². The quantitative estimate of drug-likeness (QED) is 0.267. The third-order valence-electron chi connectivity index (χ3n) is 3.29. The maximum atomic E-state index is 12.7. The summed E-state index contributed by atoms with van der Waals surface area (Å²) in [5, 5.41) is 0.257. The van der Waals surface area contributed by atoms with Crippen molar-refractivity contribution in [1.29, 1.82) is 0 Å². The lowest BCUT2D eigenvalue weighted by Gasteiger charge is -2.34. The lowest BCUT2D eigenvalue weighted by atomic mass is 10.0. The number of hydrogen-bond acceptors (Lipinski definition) is 2. The van der Waals surface area contributed by atoms with E-state index < -0.39 is 32.6 Å². The van der Waals surface area contributed by atoms with Gasteiger partial charge in [0.05, 0.1) is 0 Å². The number of amides is 1. The number of allylic oxidation sites excluding steroid dienone is 1. The van der Waals surface area contributed by atoms with Gasteiger partial charge in [-0.2, -0.15) is 0 Å². The first-order chi connectivity index (χ1) is 11.0. The Labute approximate surface area is 143 Å². The smallest absolute Gasteiger partial charge is 0.268 e. The molecule has 0 aliphatic carbocycles. The van der Waals surface area contributed by atoms with Crippen LogP contribution < -0.4 is 5.84 Å². The summed E-state index contributed by atoms with van der Waals surface area (Å²) in [5.74, 6) is 4.46. The van der Waals surface area contributed by atoms with Crippen LogP contribution in [-0.4, -0.2) is 37.6 Å². The van der Waals surface area contributed by atoms with Gasteiger partial charge >= 0.3 is 0 Å². The molecule has 24 heavy (non-hydrogen) atoms.